The molecule has 0 fully saturated rings. The second kappa shape index (κ2) is 8.72. The average Bonchev–Trinajstić information content (AvgIpc) is 3.04. The van der Waals surface area contributed by atoms with E-state index in [9.17, 15) is 4.79 Å². The van der Waals surface area contributed by atoms with Gasteiger partial charge in [0.25, 0.3) is 0 Å². The van der Waals surface area contributed by atoms with Crippen molar-refractivity contribution in [1.82, 2.24) is 5.32 Å². The summed E-state index contributed by atoms with van der Waals surface area (Å²) in [6, 6.07) is 14.2. The average molecular weight is 355 g/mol. The summed E-state index contributed by atoms with van der Waals surface area (Å²) < 4.78 is 15.4. The lowest BCUT2D eigenvalue weighted by atomic mass is 10.1. The van der Waals surface area contributed by atoms with Crippen molar-refractivity contribution >= 4 is 6.16 Å². The van der Waals surface area contributed by atoms with Gasteiger partial charge in [0.2, 0.25) is 0 Å². The van der Waals surface area contributed by atoms with Gasteiger partial charge in [-0.1, -0.05) is 24.3 Å². The lowest BCUT2D eigenvalue weighted by Crippen LogP contribution is -2.22. The maximum Gasteiger partial charge on any atom is 0.513 e. The van der Waals surface area contributed by atoms with Crippen LogP contribution in [0.15, 0.2) is 42.5 Å². The molecule has 138 valence electrons. The highest BCUT2D eigenvalue weighted by molar-refractivity contribution is 5.64. The van der Waals surface area contributed by atoms with E-state index in [2.05, 4.69) is 11.4 Å². The first-order chi connectivity index (χ1) is 12.7. The molecule has 1 N–H and O–H groups in total. The Morgan fingerprint density at radius 2 is 2.08 bits per heavy atom. The fourth-order valence-electron chi connectivity index (χ4n) is 3.40. The standard InChI is InChI=1S/C21H25NO4/c1-3-25-21(23)26-17-9-10-18-16(14-17)8-11-19(18)22-13-12-15-6-4-5-7-20(15)24-2/h4-7,9-10,14,19,22H,3,8,11-13H2,1-2H3. The van der Waals surface area contributed by atoms with Crippen molar-refractivity contribution in [2.75, 3.05) is 20.3 Å². The van der Waals surface area contributed by atoms with Gasteiger partial charge >= 0.3 is 6.16 Å². The minimum absolute atomic E-state index is 0.308. The minimum atomic E-state index is -0.656. The molecule has 0 radical (unpaired) electrons. The first-order valence-corrected chi connectivity index (χ1v) is 9.04. The Bertz CT molecular complexity index is 759. The van der Waals surface area contributed by atoms with Gasteiger partial charge in [0.05, 0.1) is 13.7 Å². The molecule has 0 saturated heterocycles. The van der Waals surface area contributed by atoms with Crippen molar-refractivity contribution in [2.24, 2.45) is 0 Å². The van der Waals surface area contributed by atoms with Crippen LogP contribution in [0.5, 0.6) is 11.5 Å². The van der Waals surface area contributed by atoms with Gasteiger partial charge in [-0.15, -0.1) is 0 Å². The third-order valence-corrected chi connectivity index (χ3v) is 4.63. The molecule has 0 amide bonds. The smallest absolute Gasteiger partial charge is 0.496 e. The van der Waals surface area contributed by atoms with E-state index < -0.39 is 6.16 Å². The summed E-state index contributed by atoms with van der Waals surface area (Å²) >= 11 is 0. The predicted octanol–water partition coefficient (Wildman–Crippen LogP) is 4.05. The van der Waals surface area contributed by atoms with E-state index in [1.165, 1.54) is 16.7 Å². The first kappa shape index (κ1) is 18.3. The quantitative estimate of drug-likeness (QED) is 0.600. The number of ether oxygens (including phenoxy) is 3. The number of para-hydroxylation sites is 1. The lowest BCUT2D eigenvalue weighted by Gasteiger charge is -2.15. The van der Waals surface area contributed by atoms with E-state index in [0.29, 0.717) is 18.4 Å². The van der Waals surface area contributed by atoms with Crippen LogP contribution in [0.2, 0.25) is 0 Å². The Labute approximate surface area is 154 Å². The monoisotopic (exact) mass is 355 g/mol. The first-order valence-electron chi connectivity index (χ1n) is 9.04. The molecule has 26 heavy (non-hydrogen) atoms. The van der Waals surface area contributed by atoms with Crippen LogP contribution in [-0.4, -0.2) is 26.4 Å². The molecule has 0 spiro atoms. The number of nitrogens with one attached hydrogen (secondary N) is 1. The maximum absolute atomic E-state index is 11.4. The predicted molar refractivity (Wildman–Crippen MR) is 99.9 cm³/mol. The summed E-state index contributed by atoms with van der Waals surface area (Å²) in [4.78, 5) is 11.4. The topological polar surface area (TPSA) is 56.8 Å². The van der Waals surface area contributed by atoms with E-state index in [4.69, 9.17) is 14.2 Å². The molecule has 0 heterocycles. The third-order valence-electron chi connectivity index (χ3n) is 4.63. The summed E-state index contributed by atoms with van der Waals surface area (Å²) in [5.74, 6) is 1.47. The number of fused-ring (bicyclic) bond motifs is 1. The van der Waals surface area contributed by atoms with Crippen LogP contribution >= 0.6 is 0 Å². The molecule has 0 bridgehead atoms. The summed E-state index contributed by atoms with van der Waals surface area (Å²) in [6.45, 7) is 2.94. The summed E-state index contributed by atoms with van der Waals surface area (Å²) in [5.41, 5.74) is 3.71. The highest BCUT2D eigenvalue weighted by atomic mass is 16.7. The van der Waals surface area contributed by atoms with Gasteiger partial charge in [0, 0.05) is 6.04 Å². The number of carbonyl (C=O) groups excluding carboxylic acids is 1. The fraction of sp³-hybridized carbons (Fsp3) is 0.381. The largest absolute Gasteiger partial charge is 0.513 e. The van der Waals surface area contributed by atoms with Crippen molar-refractivity contribution in [2.45, 2.75) is 32.2 Å². The second-order valence-electron chi connectivity index (χ2n) is 6.25. The molecule has 1 aliphatic rings. The van der Waals surface area contributed by atoms with Crippen LogP contribution in [-0.2, 0) is 17.6 Å². The molecule has 2 aromatic carbocycles. The highest BCUT2D eigenvalue weighted by Gasteiger charge is 2.22. The zero-order valence-electron chi connectivity index (χ0n) is 15.3. The number of aryl methyl sites for hydroxylation is 1. The molecule has 1 unspecified atom stereocenters. The van der Waals surface area contributed by atoms with E-state index in [1.54, 1.807) is 14.0 Å². The van der Waals surface area contributed by atoms with Crippen molar-refractivity contribution in [1.29, 1.82) is 0 Å². The van der Waals surface area contributed by atoms with Crippen LogP contribution in [0, 0.1) is 0 Å². The zero-order chi connectivity index (χ0) is 18.4. The van der Waals surface area contributed by atoms with Gasteiger partial charge in [0.1, 0.15) is 11.5 Å². The molecule has 2 aromatic rings. The minimum Gasteiger partial charge on any atom is -0.496 e. The Kier molecular flexibility index (Phi) is 6.12. The molecular weight excluding hydrogens is 330 g/mol. The number of hydrogen-bond donors (Lipinski definition) is 1. The van der Waals surface area contributed by atoms with E-state index in [-0.39, 0.29) is 0 Å². The van der Waals surface area contributed by atoms with Crippen molar-refractivity contribution in [3.63, 3.8) is 0 Å². The number of hydrogen-bond acceptors (Lipinski definition) is 5. The van der Waals surface area contributed by atoms with Crippen LogP contribution in [0.4, 0.5) is 4.79 Å². The fourth-order valence-corrected chi connectivity index (χ4v) is 3.40. The highest BCUT2D eigenvalue weighted by Crippen LogP contribution is 2.33. The van der Waals surface area contributed by atoms with Crippen LogP contribution in [0.1, 0.15) is 36.1 Å². The van der Waals surface area contributed by atoms with E-state index >= 15 is 0 Å². The van der Waals surface area contributed by atoms with Crippen LogP contribution < -0.4 is 14.8 Å². The molecule has 5 heteroatoms. The molecule has 5 nitrogen and oxygen atoms in total. The Hall–Kier alpha value is -2.53. The Morgan fingerprint density at radius 1 is 1.23 bits per heavy atom. The van der Waals surface area contributed by atoms with Crippen molar-refractivity contribution in [3.05, 3.63) is 59.2 Å². The van der Waals surface area contributed by atoms with Gasteiger partial charge in [-0.3, -0.25) is 0 Å². The number of benzene rings is 2. The summed E-state index contributed by atoms with van der Waals surface area (Å²) in [5, 5.41) is 3.63. The van der Waals surface area contributed by atoms with Gasteiger partial charge < -0.3 is 19.5 Å². The molecule has 1 aliphatic carbocycles. The normalized spacial score (nSPS) is 15.4. The number of methoxy groups -OCH3 is 1. The third kappa shape index (κ3) is 4.35. The lowest BCUT2D eigenvalue weighted by molar-refractivity contribution is 0.104. The zero-order valence-corrected chi connectivity index (χ0v) is 15.3. The molecule has 0 aromatic heterocycles. The molecule has 0 aliphatic heterocycles. The summed E-state index contributed by atoms with van der Waals surface area (Å²) in [6.07, 6.45) is 2.28. The Morgan fingerprint density at radius 3 is 2.88 bits per heavy atom. The molecule has 0 saturated carbocycles. The maximum atomic E-state index is 11.4. The van der Waals surface area contributed by atoms with E-state index in [0.717, 1.165) is 31.6 Å². The van der Waals surface area contributed by atoms with Crippen molar-refractivity contribution < 1.29 is 19.0 Å². The molecule has 3 rings (SSSR count). The molecule has 1 atom stereocenters. The molecular formula is C21H25NO4. The second-order valence-corrected chi connectivity index (χ2v) is 6.25. The van der Waals surface area contributed by atoms with Gasteiger partial charge in [-0.2, -0.15) is 0 Å². The van der Waals surface area contributed by atoms with Crippen LogP contribution in [0.25, 0.3) is 0 Å². The van der Waals surface area contributed by atoms with E-state index in [1.807, 2.05) is 36.4 Å². The van der Waals surface area contributed by atoms with Gasteiger partial charge in [0.15, 0.2) is 0 Å². The summed E-state index contributed by atoms with van der Waals surface area (Å²) in [7, 11) is 1.70. The van der Waals surface area contributed by atoms with Gasteiger partial charge in [-0.05, 0) is 67.6 Å². The van der Waals surface area contributed by atoms with Gasteiger partial charge in [-0.25, -0.2) is 4.79 Å². The SMILES string of the molecule is CCOC(=O)Oc1ccc2c(c1)CCC2NCCc1ccccc1OC. The number of carbonyl (C=O) groups is 1. The number of rotatable bonds is 7. The van der Waals surface area contributed by atoms with Crippen molar-refractivity contribution in [3.8, 4) is 11.5 Å². The Balaban J connectivity index is 1.57. The van der Waals surface area contributed by atoms with Crippen LogP contribution in [0.3, 0.4) is 0 Å².